The zero-order chi connectivity index (χ0) is 16.8. The van der Waals surface area contributed by atoms with Gasteiger partial charge in [0, 0.05) is 30.8 Å². The van der Waals surface area contributed by atoms with Crippen molar-refractivity contribution in [2.75, 3.05) is 12.3 Å². The van der Waals surface area contributed by atoms with E-state index >= 15 is 0 Å². The first kappa shape index (κ1) is 16.4. The fraction of sp³-hybridized carbons (Fsp3) is 0.235. The fourth-order valence-electron chi connectivity index (χ4n) is 2.18. The van der Waals surface area contributed by atoms with E-state index in [2.05, 4.69) is 15.4 Å². The second kappa shape index (κ2) is 7.92. The highest BCUT2D eigenvalue weighted by Gasteiger charge is 2.10. The minimum Gasteiger partial charge on any atom is -0.351 e. The van der Waals surface area contributed by atoms with Crippen LogP contribution in [-0.2, 0) is 5.75 Å². The lowest BCUT2D eigenvalue weighted by atomic mass is 10.2. The SMILES string of the molecule is O=C(NCCCSCc1ccc(F)cc1)c1cc2ncccn2n1. The molecule has 0 aliphatic carbocycles. The number of thioether (sulfide) groups is 1. The zero-order valence-electron chi connectivity index (χ0n) is 13.0. The Morgan fingerprint density at radius 2 is 2.12 bits per heavy atom. The van der Waals surface area contributed by atoms with E-state index in [1.165, 1.54) is 12.1 Å². The molecule has 3 aromatic rings. The second-order valence-electron chi connectivity index (χ2n) is 5.24. The zero-order valence-corrected chi connectivity index (χ0v) is 13.8. The van der Waals surface area contributed by atoms with Gasteiger partial charge >= 0.3 is 0 Å². The molecule has 1 N–H and O–H groups in total. The number of benzene rings is 1. The third-order valence-electron chi connectivity index (χ3n) is 3.40. The summed E-state index contributed by atoms with van der Waals surface area (Å²) in [6.07, 6.45) is 4.28. The number of hydrogen-bond donors (Lipinski definition) is 1. The predicted octanol–water partition coefficient (Wildman–Crippen LogP) is 2.92. The minimum absolute atomic E-state index is 0.191. The first-order valence-corrected chi connectivity index (χ1v) is 8.78. The second-order valence-corrected chi connectivity index (χ2v) is 6.35. The van der Waals surface area contributed by atoms with E-state index in [9.17, 15) is 9.18 Å². The lowest BCUT2D eigenvalue weighted by Crippen LogP contribution is -2.25. The quantitative estimate of drug-likeness (QED) is 0.670. The molecule has 2 aromatic heterocycles. The Morgan fingerprint density at radius 1 is 1.29 bits per heavy atom. The van der Waals surface area contributed by atoms with Gasteiger partial charge in [0.05, 0.1) is 0 Å². The van der Waals surface area contributed by atoms with Crippen LogP contribution in [0.25, 0.3) is 5.65 Å². The largest absolute Gasteiger partial charge is 0.351 e. The first-order chi connectivity index (χ1) is 11.7. The number of fused-ring (bicyclic) bond motifs is 1. The standard InChI is InChI=1S/C17H17FN4OS/c18-14-5-3-13(4-6-14)12-24-10-2-8-20-17(23)15-11-16-19-7-1-9-22(16)21-15/h1,3-7,9,11H,2,8,10,12H2,(H,20,23). The van der Waals surface area contributed by atoms with Crippen molar-refractivity contribution in [3.05, 3.63) is 65.9 Å². The third-order valence-corrected chi connectivity index (χ3v) is 4.52. The van der Waals surface area contributed by atoms with Crippen LogP contribution in [0, 0.1) is 5.82 Å². The molecule has 0 bridgehead atoms. The van der Waals surface area contributed by atoms with Crippen molar-refractivity contribution in [1.29, 1.82) is 0 Å². The van der Waals surface area contributed by atoms with Crippen LogP contribution < -0.4 is 5.32 Å². The monoisotopic (exact) mass is 344 g/mol. The topological polar surface area (TPSA) is 59.3 Å². The summed E-state index contributed by atoms with van der Waals surface area (Å²) in [6.45, 7) is 0.594. The number of halogens is 1. The summed E-state index contributed by atoms with van der Waals surface area (Å²) in [6, 6.07) is 9.96. The first-order valence-electron chi connectivity index (χ1n) is 7.63. The minimum atomic E-state index is -0.214. The number of aromatic nitrogens is 3. The van der Waals surface area contributed by atoms with Gasteiger partial charge in [0.2, 0.25) is 0 Å². The highest BCUT2D eigenvalue weighted by molar-refractivity contribution is 7.98. The number of rotatable bonds is 7. The molecule has 0 unspecified atom stereocenters. The lowest BCUT2D eigenvalue weighted by Gasteiger charge is -2.04. The van der Waals surface area contributed by atoms with Gasteiger partial charge in [-0.1, -0.05) is 12.1 Å². The summed E-state index contributed by atoms with van der Waals surface area (Å²) in [5, 5.41) is 7.04. The highest BCUT2D eigenvalue weighted by atomic mass is 32.2. The molecule has 1 amide bonds. The van der Waals surface area contributed by atoms with Gasteiger partial charge in [0.1, 0.15) is 5.82 Å². The van der Waals surface area contributed by atoms with Crippen molar-refractivity contribution in [2.24, 2.45) is 0 Å². The van der Waals surface area contributed by atoms with Crippen molar-refractivity contribution >= 4 is 23.3 Å². The van der Waals surface area contributed by atoms with Gasteiger partial charge in [-0.25, -0.2) is 13.9 Å². The van der Waals surface area contributed by atoms with Crippen LogP contribution in [0.5, 0.6) is 0 Å². The summed E-state index contributed by atoms with van der Waals surface area (Å²) >= 11 is 1.76. The molecule has 0 aliphatic rings. The normalized spacial score (nSPS) is 10.9. The van der Waals surface area contributed by atoms with Crippen LogP contribution in [-0.4, -0.2) is 32.8 Å². The summed E-state index contributed by atoms with van der Waals surface area (Å²) in [5.41, 5.74) is 2.12. The fourth-order valence-corrected chi connectivity index (χ4v) is 3.10. The van der Waals surface area contributed by atoms with E-state index in [-0.39, 0.29) is 11.7 Å². The Hall–Kier alpha value is -2.41. The number of carbonyl (C=O) groups is 1. The van der Waals surface area contributed by atoms with E-state index in [1.54, 1.807) is 52.9 Å². The maximum atomic E-state index is 12.8. The Labute approximate surface area is 143 Å². The molecule has 5 nitrogen and oxygen atoms in total. The predicted molar refractivity (Wildman–Crippen MR) is 92.5 cm³/mol. The van der Waals surface area contributed by atoms with Crippen molar-refractivity contribution in [3.8, 4) is 0 Å². The van der Waals surface area contributed by atoms with Crippen molar-refractivity contribution < 1.29 is 9.18 Å². The summed E-state index contributed by atoms with van der Waals surface area (Å²) < 4.78 is 14.4. The Balaban J connectivity index is 1.37. The molecular weight excluding hydrogens is 327 g/mol. The van der Waals surface area contributed by atoms with Gasteiger partial charge in [-0.2, -0.15) is 16.9 Å². The van der Waals surface area contributed by atoms with Crippen LogP contribution in [0.4, 0.5) is 4.39 Å². The van der Waals surface area contributed by atoms with Crippen LogP contribution in [0.15, 0.2) is 48.8 Å². The molecular formula is C17H17FN4OS. The average Bonchev–Trinajstić information content (AvgIpc) is 3.03. The summed E-state index contributed by atoms with van der Waals surface area (Å²) in [7, 11) is 0. The molecule has 0 saturated carbocycles. The number of nitrogens with zero attached hydrogens (tertiary/aromatic N) is 3. The average molecular weight is 344 g/mol. The van der Waals surface area contributed by atoms with E-state index in [0.717, 1.165) is 23.5 Å². The number of carbonyl (C=O) groups excluding carboxylic acids is 1. The molecule has 0 radical (unpaired) electrons. The van der Waals surface area contributed by atoms with Crippen LogP contribution >= 0.6 is 11.8 Å². The maximum absolute atomic E-state index is 12.8. The Morgan fingerprint density at radius 3 is 2.92 bits per heavy atom. The molecule has 7 heteroatoms. The summed E-state index contributed by atoms with van der Waals surface area (Å²) in [5.74, 6) is 1.36. The van der Waals surface area contributed by atoms with Gasteiger partial charge in [-0.15, -0.1) is 0 Å². The van der Waals surface area contributed by atoms with Gasteiger partial charge in [-0.3, -0.25) is 4.79 Å². The van der Waals surface area contributed by atoms with E-state index < -0.39 is 0 Å². The van der Waals surface area contributed by atoms with E-state index in [4.69, 9.17) is 0 Å². The van der Waals surface area contributed by atoms with Crippen LogP contribution in [0.2, 0.25) is 0 Å². The van der Waals surface area contributed by atoms with Crippen molar-refractivity contribution in [3.63, 3.8) is 0 Å². The molecule has 2 heterocycles. The third kappa shape index (κ3) is 4.32. The number of amides is 1. The van der Waals surface area contributed by atoms with Crippen LogP contribution in [0.3, 0.4) is 0 Å². The molecule has 0 fully saturated rings. The van der Waals surface area contributed by atoms with Crippen molar-refractivity contribution in [2.45, 2.75) is 12.2 Å². The van der Waals surface area contributed by atoms with E-state index in [0.29, 0.717) is 17.9 Å². The molecule has 0 aliphatic heterocycles. The smallest absolute Gasteiger partial charge is 0.271 e. The molecule has 24 heavy (non-hydrogen) atoms. The molecule has 0 spiro atoms. The molecule has 0 atom stereocenters. The molecule has 1 aromatic carbocycles. The van der Waals surface area contributed by atoms with Crippen molar-refractivity contribution in [1.82, 2.24) is 19.9 Å². The molecule has 3 rings (SSSR count). The van der Waals surface area contributed by atoms with E-state index in [1.807, 2.05) is 0 Å². The Bertz CT molecular complexity index is 786. The number of nitrogens with one attached hydrogen (secondary N) is 1. The lowest BCUT2D eigenvalue weighted by molar-refractivity contribution is 0.0948. The van der Waals surface area contributed by atoms with Gasteiger partial charge in [0.25, 0.3) is 5.91 Å². The van der Waals surface area contributed by atoms with Gasteiger partial charge in [-0.05, 0) is 35.9 Å². The maximum Gasteiger partial charge on any atom is 0.271 e. The highest BCUT2D eigenvalue weighted by Crippen LogP contribution is 2.13. The van der Waals surface area contributed by atoms with Gasteiger partial charge < -0.3 is 5.32 Å². The van der Waals surface area contributed by atoms with Crippen LogP contribution in [0.1, 0.15) is 22.5 Å². The van der Waals surface area contributed by atoms with Gasteiger partial charge in [0.15, 0.2) is 11.3 Å². The summed E-state index contributed by atoms with van der Waals surface area (Å²) in [4.78, 5) is 16.2. The Kier molecular flexibility index (Phi) is 5.43. The molecule has 0 saturated heterocycles. The molecule has 124 valence electrons. The number of hydrogen-bond acceptors (Lipinski definition) is 4.